The summed E-state index contributed by atoms with van der Waals surface area (Å²) in [5, 5.41) is 3.18. The van der Waals surface area contributed by atoms with Gasteiger partial charge in [0.15, 0.2) is 0 Å². The van der Waals surface area contributed by atoms with Crippen LogP contribution < -0.4 is 10.1 Å². The summed E-state index contributed by atoms with van der Waals surface area (Å²) in [4.78, 5) is 12.8. The molecular formula is C22H20Cl2N2O4S. The fourth-order valence-electron chi connectivity index (χ4n) is 2.91. The lowest BCUT2D eigenvalue weighted by Gasteiger charge is -2.18. The van der Waals surface area contributed by atoms with Crippen molar-refractivity contribution in [1.29, 1.82) is 0 Å². The molecule has 0 heterocycles. The molecular weight excluding hydrogens is 459 g/mol. The number of carbonyl (C=O) groups is 1. The molecule has 1 amide bonds. The van der Waals surface area contributed by atoms with Gasteiger partial charge in [0, 0.05) is 18.6 Å². The van der Waals surface area contributed by atoms with Gasteiger partial charge >= 0.3 is 0 Å². The van der Waals surface area contributed by atoms with Gasteiger partial charge in [-0.05, 0) is 42.0 Å². The summed E-state index contributed by atoms with van der Waals surface area (Å²) in [7, 11) is -0.914. The van der Waals surface area contributed by atoms with E-state index in [1.807, 2.05) is 30.3 Å². The Morgan fingerprint density at radius 1 is 1.03 bits per heavy atom. The van der Waals surface area contributed by atoms with Gasteiger partial charge in [-0.3, -0.25) is 4.79 Å². The third-order valence-corrected chi connectivity index (χ3v) is 6.91. The lowest BCUT2D eigenvalue weighted by atomic mass is 10.2. The Labute approximate surface area is 191 Å². The Hall–Kier alpha value is -2.58. The Bertz CT molecular complexity index is 1200. The van der Waals surface area contributed by atoms with Gasteiger partial charge in [0.05, 0.1) is 28.3 Å². The number of sulfonamides is 1. The average Bonchev–Trinajstić information content (AvgIpc) is 2.74. The summed E-state index contributed by atoms with van der Waals surface area (Å²) >= 11 is 12.2. The number of anilines is 1. The fourth-order valence-corrected chi connectivity index (χ4v) is 4.47. The molecule has 6 nitrogen and oxygen atoms in total. The van der Waals surface area contributed by atoms with Crippen LogP contribution in [-0.4, -0.2) is 32.8 Å². The normalized spacial score (nSPS) is 11.4. The summed E-state index contributed by atoms with van der Waals surface area (Å²) in [6.45, 7) is 0.188. The summed E-state index contributed by atoms with van der Waals surface area (Å²) in [6, 6.07) is 18.0. The van der Waals surface area contributed by atoms with Crippen LogP contribution in [0.5, 0.6) is 5.75 Å². The summed E-state index contributed by atoms with van der Waals surface area (Å²) < 4.78 is 32.5. The van der Waals surface area contributed by atoms with Gasteiger partial charge < -0.3 is 10.1 Å². The quantitative estimate of drug-likeness (QED) is 0.513. The zero-order valence-electron chi connectivity index (χ0n) is 16.8. The van der Waals surface area contributed by atoms with E-state index in [-0.39, 0.29) is 22.0 Å². The van der Waals surface area contributed by atoms with Crippen molar-refractivity contribution in [2.75, 3.05) is 19.5 Å². The number of hydrogen-bond acceptors (Lipinski definition) is 4. The first kappa shape index (κ1) is 23.1. The molecule has 0 atom stereocenters. The van der Waals surface area contributed by atoms with Crippen molar-refractivity contribution in [3.63, 3.8) is 0 Å². The van der Waals surface area contributed by atoms with Crippen molar-refractivity contribution < 1.29 is 17.9 Å². The second-order valence-corrected chi connectivity index (χ2v) is 9.58. The highest BCUT2D eigenvalue weighted by Gasteiger charge is 2.24. The van der Waals surface area contributed by atoms with Crippen LogP contribution in [0.2, 0.25) is 10.0 Å². The molecule has 0 bridgehead atoms. The maximum Gasteiger partial charge on any atom is 0.257 e. The highest BCUT2D eigenvalue weighted by molar-refractivity contribution is 7.89. The minimum Gasteiger partial charge on any atom is -0.495 e. The maximum atomic E-state index is 13.0. The van der Waals surface area contributed by atoms with E-state index in [4.69, 9.17) is 27.9 Å². The topological polar surface area (TPSA) is 75.7 Å². The molecule has 9 heteroatoms. The maximum absolute atomic E-state index is 13.0. The highest BCUT2D eigenvalue weighted by Crippen LogP contribution is 2.30. The van der Waals surface area contributed by atoms with Crippen molar-refractivity contribution >= 4 is 44.8 Å². The zero-order chi connectivity index (χ0) is 22.6. The van der Waals surface area contributed by atoms with Crippen LogP contribution in [0.15, 0.2) is 71.6 Å². The number of methoxy groups -OCH3 is 1. The van der Waals surface area contributed by atoms with E-state index < -0.39 is 15.9 Å². The second kappa shape index (κ2) is 9.70. The Morgan fingerprint density at radius 3 is 2.42 bits per heavy atom. The lowest BCUT2D eigenvalue weighted by Crippen LogP contribution is -2.27. The average molecular weight is 479 g/mol. The Morgan fingerprint density at radius 2 is 1.74 bits per heavy atom. The molecule has 162 valence electrons. The van der Waals surface area contributed by atoms with Gasteiger partial charge in [0.2, 0.25) is 10.0 Å². The molecule has 0 aliphatic rings. The highest BCUT2D eigenvalue weighted by atomic mass is 35.5. The number of carbonyl (C=O) groups excluding carboxylic acids is 1. The number of halogens is 2. The van der Waals surface area contributed by atoms with E-state index >= 15 is 0 Å². The van der Waals surface area contributed by atoms with E-state index in [2.05, 4.69) is 5.32 Å². The van der Waals surface area contributed by atoms with Gasteiger partial charge in [0.1, 0.15) is 5.75 Å². The SMILES string of the molecule is COc1ccc(Cl)cc1NC(=O)c1cc(S(=O)(=O)N(C)Cc2ccccc2)ccc1Cl. The van der Waals surface area contributed by atoms with E-state index in [0.29, 0.717) is 16.5 Å². The molecule has 3 aromatic rings. The van der Waals surface area contributed by atoms with Crippen LogP contribution in [0, 0.1) is 0 Å². The van der Waals surface area contributed by atoms with Crippen LogP contribution in [0.4, 0.5) is 5.69 Å². The minimum atomic E-state index is -3.85. The van der Waals surface area contributed by atoms with Gasteiger partial charge in [-0.25, -0.2) is 8.42 Å². The van der Waals surface area contributed by atoms with Crippen molar-refractivity contribution in [3.05, 3.63) is 87.9 Å². The van der Waals surface area contributed by atoms with Crippen molar-refractivity contribution in [1.82, 2.24) is 4.31 Å². The molecule has 0 aliphatic heterocycles. The zero-order valence-corrected chi connectivity index (χ0v) is 19.1. The third kappa shape index (κ3) is 5.37. The van der Waals surface area contributed by atoms with E-state index in [1.165, 1.54) is 42.7 Å². The molecule has 0 radical (unpaired) electrons. The number of nitrogens with one attached hydrogen (secondary N) is 1. The first-order valence-electron chi connectivity index (χ1n) is 9.17. The monoisotopic (exact) mass is 478 g/mol. The largest absolute Gasteiger partial charge is 0.495 e. The third-order valence-electron chi connectivity index (χ3n) is 4.55. The summed E-state index contributed by atoms with van der Waals surface area (Å²) in [6.07, 6.45) is 0. The van der Waals surface area contributed by atoms with E-state index in [0.717, 1.165) is 5.56 Å². The molecule has 0 unspecified atom stereocenters. The smallest absolute Gasteiger partial charge is 0.257 e. The van der Waals surface area contributed by atoms with Crippen LogP contribution in [-0.2, 0) is 16.6 Å². The van der Waals surface area contributed by atoms with Crippen LogP contribution >= 0.6 is 23.2 Å². The number of benzene rings is 3. The molecule has 0 saturated heterocycles. The van der Waals surface area contributed by atoms with Crippen LogP contribution in [0.25, 0.3) is 0 Å². The van der Waals surface area contributed by atoms with Crippen LogP contribution in [0.3, 0.4) is 0 Å². The molecule has 31 heavy (non-hydrogen) atoms. The van der Waals surface area contributed by atoms with Gasteiger partial charge in [-0.1, -0.05) is 53.5 Å². The van der Waals surface area contributed by atoms with E-state index in [1.54, 1.807) is 12.1 Å². The number of nitrogens with zero attached hydrogens (tertiary/aromatic N) is 1. The first-order chi connectivity index (χ1) is 14.7. The summed E-state index contributed by atoms with van der Waals surface area (Å²) in [5.41, 5.74) is 1.19. The number of amides is 1. The summed E-state index contributed by atoms with van der Waals surface area (Å²) in [5.74, 6) is -0.187. The van der Waals surface area contributed by atoms with Crippen molar-refractivity contribution in [3.8, 4) is 5.75 Å². The lowest BCUT2D eigenvalue weighted by molar-refractivity contribution is 0.102. The predicted molar refractivity (Wildman–Crippen MR) is 123 cm³/mol. The molecule has 0 aromatic heterocycles. The molecule has 0 spiro atoms. The standard InChI is InChI=1S/C22H20Cl2N2O4S/c1-26(14-15-6-4-3-5-7-15)31(28,29)17-9-10-19(24)18(13-17)22(27)25-20-12-16(23)8-11-21(20)30-2/h3-13H,14H2,1-2H3,(H,25,27). The predicted octanol–water partition coefficient (Wildman–Crippen LogP) is 5.08. The van der Waals surface area contributed by atoms with Gasteiger partial charge in [-0.2, -0.15) is 4.31 Å². The van der Waals surface area contributed by atoms with Gasteiger partial charge in [-0.15, -0.1) is 0 Å². The molecule has 3 rings (SSSR count). The van der Waals surface area contributed by atoms with Crippen molar-refractivity contribution in [2.24, 2.45) is 0 Å². The fraction of sp³-hybridized carbons (Fsp3) is 0.136. The second-order valence-electron chi connectivity index (χ2n) is 6.69. The Balaban J connectivity index is 1.89. The minimum absolute atomic E-state index is 0.0119. The van der Waals surface area contributed by atoms with Crippen molar-refractivity contribution in [2.45, 2.75) is 11.4 Å². The van der Waals surface area contributed by atoms with Crippen LogP contribution in [0.1, 0.15) is 15.9 Å². The Kier molecular flexibility index (Phi) is 7.23. The molecule has 0 fully saturated rings. The molecule has 1 N–H and O–H groups in total. The first-order valence-corrected chi connectivity index (χ1v) is 11.4. The molecule has 0 aliphatic carbocycles. The number of rotatable bonds is 7. The number of hydrogen-bond donors (Lipinski definition) is 1. The number of ether oxygens (including phenoxy) is 1. The van der Waals surface area contributed by atoms with E-state index in [9.17, 15) is 13.2 Å². The molecule has 3 aromatic carbocycles. The van der Waals surface area contributed by atoms with Gasteiger partial charge in [0.25, 0.3) is 5.91 Å². The molecule has 0 saturated carbocycles.